The van der Waals surface area contributed by atoms with Gasteiger partial charge < -0.3 is 9.15 Å². The van der Waals surface area contributed by atoms with Crippen molar-refractivity contribution in [2.75, 3.05) is 6.61 Å². The molecule has 0 aliphatic carbocycles. The molecule has 0 saturated heterocycles. The van der Waals surface area contributed by atoms with Crippen LogP contribution in [0.5, 0.6) is 0 Å². The van der Waals surface area contributed by atoms with Crippen molar-refractivity contribution in [2.24, 2.45) is 0 Å². The number of ether oxygens (including phenoxy) is 1. The summed E-state index contributed by atoms with van der Waals surface area (Å²) < 4.78 is 10.7. The fraction of sp³-hybridized carbons (Fsp3) is 0.222. The van der Waals surface area contributed by atoms with Gasteiger partial charge >= 0.3 is 5.97 Å². The number of benzene rings is 1. The first-order valence-corrected chi connectivity index (χ1v) is 7.98. The monoisotopic (exact) mass is 376 g/mol. The van der Waals surface area contributed by atoms with Crippen molar-refractivity contribution in [1.29, 1.82) is 0 Å². The van der Waals surface area contributed by atoms with Gasteiger partial charge in [-0.2, -0.15) is 0 Å². The molecule has 23 heavy (non-hydrogen) atoms. The van der Waals surface area contributed by atoms with Gasteiger partial charge in [-0.1, -0.05) is 38.1 Å². The lowest BCUT2D eigenvalue weighted by Gasteiger charge is -2.06. The second-order valence-electron chi connectivity index (χ2n) is 5.28. The van der Waals surface area contributed by atoms with Crippen LogP contribution in [0.1, 0.15) is 41.4 Å². The molecule has 4 nitrogen and oxygen atoms in total. The average molecular weight is 377 g/mol. The van der Waals surface area contributed by atoms with E-state index in [-0.39, 0.29) is 12.4 Å². The highest BCUT2D eigenvalue weighted by Crippen LogP contribution is 2.16. The van der Waals surface area contributed by atoms with Gasteiger partial charge in [-0.15, -0.1) is 0 Å². The van der Waals surface area contributed by atoms with Crippen LogP contribution < -0.4 is 0 Å². The molecule has 0 aliphatic rings. The van der Waals surface area contributed by atoms with E-state index in [1.165, 1.54) is 12.2 Å². The third-order valence-electron chi connectivity index (χ3n) is 3.22. The zero-order chi connectivity index (χ0) is 16.8. The lowest BCUT2D eigenvalue weighted by atomic mass is 10.0. The Kier molecular flexibility index (Phi) is 5.93. The van der Waals surface area contributed by atoms with Crippen LogP contribution in [0.15, 0.2) is 51.6 Å². The maximum absolute atomic E-state index is 12.0. The molecular formula is C18H17BrO4. The van der Waals surface area contributed by atoms with E-state index < -0.39 is 5.97 Å². The Balaban J connectivity index is 1.86. The van der Waals surface area contributed by atoms with E-state index in [1.807, 2.05) is 12.1 Å². The molecular weight excluding hydrogens is 360 g/mol. The molecule has 1 heterocycles. The summed E-state index contributed by atoms with van der Waals surface area (Å²) in [5.74, 6) is 0.0978. The second-order valence-corrected chi connectivity index (χ2v) is 6.06. The minimum Gasteiger partial charge on any atom is -0.454 e. The predicted molar refractivity (Wildman–Crippen MR) is 91.3 cm³/mol. The molecule has 0 saturated carbocycles. The first kappa shape index (κ1) is 17.2. The Morgan fingerprint density at radius 1 is 1.17 bits per heavy atom. The van der Waals surface area contributed by atoms with Crippen LogP contribution in [0, 0.1) is 0 Å². The summed E-state index contributed by atoms with van der Waals surface area (Å²) in [4.78, 5) is 23.6. The molecule has 0 spiro atoms. The Morgan fingerprint density at radius 2 is 1.87 bits per heavy atom. The van der Waals surface area contributed by atoms with Crippen LogP contribution in [0.25, 0.3) is 6.08 Å². The summed E-state index contributed by atoms with van der Waals surface area (Å²) in [6.07, 6.45) is 2.70. The number of furan rings is 1. The standard InChI is InChI=1S/C18H17BrO4/c1-12(2)13-3-5-14(6-4-13)16(20)11-22-18(21)10-8-15-7-9-17(19)23-15/h3-10,12H,11H2,1-2H3/b10-8+. The van der Waals surface area contributed by atoms with E-state index in [4.69, 9.17) is 9.15 Å². The number of hydrogen-bond acceptors (Lipinski definition) is 4. The summed E-state index contributed by atoms with van der Waals surface area (Å²) in [6, 6.07) is 10.7. The second kappa shape index (κ2) is 7.92. The summed E-state index contributed by atoms with van der Waals surface area (Å²) in [5, 5.41) is 0. The van der Waals surface area contributed by atoms with E-state index >= 15 is 0 Å². The summed E-state index contributed by atoms with van der Waals surface area (Å²) in [7, 11) is 0. The Labute approximate surface area is 143 Å². The molecule has 0 bridgehead atoms. The zero-order valence-corrected chi connectivity index (χ0v) is 14.5. The van der Waals surface area contributed by atoms with E-state index in [0.29, 0.717) is 21.9 Å². The fourth-order valence-corrected chi connectivity index (χ4v) is 2.21. The molecule has 5 heteroatoms. The summed E-state index contributed by atoms with van der Waals surface area (Å²) >= 11 is 3.17. The van der Waals surface area contributed by atoms with E-state index in [0.717, 1.165) is 5.56 Å². The highest BCUT2D eigenvalue weighted by molar-refractivity contribution is 9.10. The Hall–Kier alpha value is -2.14. The van der Waals surface area contributed by atoms with Gasteiger partial charge in [0.15, 0.2) is 17.1 Å². The van der Waals surface area contributed by atoms with Crippen LogP contribution >= 0.6 is 15.9 Å². The van der Waals surface area contributed by atoms with E-state index in [9.17, 15) is 9.59 Å². The number of esters is 1. The van der Waals surface area contributed by atoms with Crippen molar-refractivity contribution in [3.63, 3.8) is 0 Å². The van der Waals surface area contributed by atoms with Gasteiger partial charge in [-0.25, -0.2) is 4.79 Å². The highest BCUT2D eigenvalue weighted by Gasteiger charge is 2.09. The number of carbonyl (C=O) groups is 2. The third-order valence-corrected chi connectivity index (χ3v) is 3.65. The largest absolute Gasteiger partial charge is 0.454 e. The fourth-order valence-electron chi connectivity index (χ4n) is 1.89. The van der Waals surface area contributed by atoms with Crippen LogP contribution in [0.2, 0.25) is 0 Å². The molecule has 1 aromatic carbocycles. The van der Waals surface area contributed by atoms with Gasteiger partial charge in [0.25, 0.3) is 0 Å². The molecule has 0 radical (unpaired) electrons. The highest BCUT2D eigenvalue weighted by atomic mass is 79.9. The molecule has 2 rings (SSSR count). The van der Waals surface area contributed by atoms with Crippen molar-refractivity contribution in [3.05, 3.63) is 64.0 Å². The number of ketones is 1. The number of carbonyl (C=O) groups excluding carboxylic acids is 2. The van der Waals surface area contributed by atoms with E-state index in [2.05, 4.69) is 29.8 Å². The third kappa shape index (κ3) is 5.21. The predicted octanol–water partition coefficient (Wildman–Crippen LogP) is 4.60. The van der Waals surface area contributed by atoms with Gasteiger partial charge in [-0.05, 0) is 45.6 Å². The number of hydrogen-bond donors (Lipinski definition) is 0. The SMILES string of the molecule is CC(C)c1ccc(C(=O)COC(=O)/C=C/c2ccc(Br)o2)cc1. The van der Waals surface area contributed by atoms with Crippen molar-refractivity contribution >= 4 is 33.8 Å². The Morgan fingerprint density at radius 3 is 2.43 bits per heavy atom. The average Bonchev–Trinajstić information content (AvgIpc) is 2.96. The van der Waals surface area contributed by atoms with Gasteiger partial charge in [0.05, 0.1) is 0 Å². The molecule has 0 fully saturated rings. The van der Waals surface area contributed by atoms with Gasteiger partial charge in [0.1, 0.15) is 5.76 Å². The van der Waals surface area contributed by atoms with Gasteiger partial charge in [-0.3, -0.25) is 4.79 Å². The van der Waals surface area contributed by atoms with Crippen molar-refractivity contribution in [1.82, 2.24) is 0 Å². The zero-order valence-electron chi connectivity index (χ0n) is 12.9. The quantitative estimate of drug-likeness (QED) is 0.419. The van der Waals surface area contributed by atoms with E-state index in [1.54, 1.807) is 24.3 Å². The lowest BCUT2D eigenvalue weighted by molar-refractivity contribution is -0.136. The van der Waals surface area contributed by atoms with Gasteiger partial charge in [0.2, 0.25) is 0 Å². The topological polar surface area (TPSA) is 56.5 Å². The minimum absolute atomic E-state index is 0.234. The molecule has 0 aliphatic heterocycles. The molecule has 0 atom stereocenters. The summed E-state index contributed by atoms with van der Waals surface area (Å²) in [5.41, 5.74) is 1.69. The van der Waals surface area contributed by atoms with Crippen LogP contribution in [0.3, 0.4) is 0 Å². The molecule has 0 unspecified atom stereocenters. The number of rotatable bonds is 6. The maximum Gasteiger partial charge on any atom is 0.331 e. The maximum atomic E-state index is 12.0. The normalized spacial score (nSPS) is 11.1. The molecule has 2 aromatic rings. The molecule has 1 aromatic heterocycles. The van der Waals surface area contributed by atoms with Crippen molar-refractivity contribution in [3.8, 4) is 0 Å². The lowest BCUT2D eigenvalue weighted by Crippen LogP contribution is -2.12. The molecule has 0 N–H and O–H groups in total. The van der Waals surface area contributed by atoms with Crippen molar-refractivity contribution in [2.45, 2.75) is 19.8 Å². The molecule has 0 amide bonds. The number of Topliss-reactive ketones (excluding diaryl/α,β-unsaturated/α-hetero) is 1. The van der Waals surface area contributed by atoms with Crippen molar-refractivity contribution < 1.29 is 18.7 Å². The van der Waals surface area contributed by atoms with Crippen LogP contribution in [0.4, 0.5) is 0 Å². The first-order chi connectivity index (χ1) is 11.0. The van der Waals surface area contributed by atoms with Crippen LogP contribution in [-0.4, -0.2) is 18.4 Å². The molecule has 120 valence electrons. The summed E-state index contributed by atoms with van der Waals surface area (Å²) in [6.45, 7) is 3.89. The van der Waals surface area contributed by atoms with Crippen LogP contribution in [-0.2, 0) is 9.53 Å². The Bertz CT molecular complexity index is 711. The smallest absolute Gasteiger partial charge is 0.331 e. The minimum atomic E-state index is -0.593. The number of halogens is 1. The van der Waals surface area contributed by atoms with Gasteiger partial charge in [0, 0.05) is 11.6 Å². The first-order valence-electron chi connectivity index (χ1n) is 7.19.